The maximum Gasteiger partial charge on any atom is 0.161 e. The van der Waals surface area contributed by atoms with Crippen molar-refractivity contribution in [1.29, 1.82) is 0 Å². The first-order valence-corrected chi connectivity index (χ1v) is 13.1. The van der Waals surface area contributed by atoms with Crippen LogP contribution in [0.5, 0.6) is 17.2 Å². The van der Waals surface area contributed by atoms with E-state index in [1.165, 1.54) is 38.9 Å². The van der Waals surface area contributed by atoms with E-state index in [0.29, 0.717) is 17.5 Å². The molecular weight excluding hydrogens is 438 g/mol. The molecule has 7 rings (SSSR count). The molecule has 3 heterocycles. The molecule has 35 heavy (non-hydrogen) atoms. The number of methoxy groups -OCH3 is 2. The molecule has 6 nitrogen and oxygen atoms in total. The smallest absolute Gasteiger partial charge is 0.161 e. The zero-order valence-corrected chi connectivity index (χ0v) is 21.0. The van der Waals surface area contributed by atoms with Crippen LogP contribution in [0, 0.1) is 0 Å². The van der Waals surface area contributed by atoms with Crippen LogP contribution in [0.15, 0.2) is 24.3 Å². The third-order valence-corrected chi connectivity index (χ3v) is 9.82. The maximum absolute atomic E-state index is 11.4. The number of rotatable bonds is 2. The summed E-state index contributed by atoms with van der Waals surface area (Å²) in [5.41, 5.74) is 7.94. The first-order valence-electron chi connectivity index (χ1n) is 13.1. The van der Waals surface area contributed by atoms with Gasteiger partial charge in [0.05, 0.1) is 19.8 Å². The Morgan fingerprint density at radius 3 is 2.66 bits per heavy atom. The van der Waals surface area contributed by atoms with E-state index in [0.717, 1.165) is 63.8 Å². The fourth-order valence-corrected chi connectivity index (χ4v) is 7.97. The Labute approximate surface area is 206 Å². The summed E-state index contributed by atoms with van der Waals surface area (Å²) in [5, 5.41) is 16.6. The summed E-state index contributed by atoms with van der Waals surface area (Å²) in [6.45, 7) is 2.06. The van der Waals surface area contributed by atoms with Crippen LogP contribution in [0.3, 0.4) is 0 Å². The summed E-state index contributed by atoms with van der Waals surface area (Å²) in [6, 6.07) is 8.87. The quantitative estimate of drug-likeness (QED) is 0.504. The molecule has 0 radical (unpaired) electrons. The molecule has 1 fully saturated rings. The third kappa shape index (κ3) is 2.84. The van der Waals surface area contributed by atoms with Crippen LogP contribution in [0.25, 0.3) is 10.9 Å². The molecule has 2 aromatic carbocycles. The van der Waals surface area contributed by atoms with E-state index in [-0.39, 0.29) is 11.0 Å². The number of hydrogen-bond acceptors (Lipinski definition) is 5. The Balaban J connectivity index is 1.29. The van der Waals surface area contributed by atoms with E-state index in [4.69, 9.17) is 9.47 Å². The number of nitrogens with one attached hydrogen (secondary N) is 2. The molecule has 0 unspecified atom stereocenters. The van der Waals surface area contributed by atoms with Crippen LogP contribution in [0.1, 0.15) is 66.1 Å². The number of benzene rings is 2. The largest absolute Gasteiger partial charge is 0.504 e. The summed E-state index contributed by atoms with van der Waals surface area (Å²) >= 11 is 0. The van der Waals surface area contributed by atoms with Gasteiger partial charge in [-0.25, -0.2) is 0 Å². The fraction of sp³-hybridized carbons (Fsp3) is 0.517. The van der Waals surface area contributed by atoms with Gasteiger partial charge < -0.3 is 24.9 Å². The van der Waals surface area contributed by atoms with E-state index in [1.54, 1.807) is 14.2 Å². The summed E-state index contributed by atoms with van der Waals surface area (Å²) in [4.78, 5) is 6.31. The molecule has 0 bridgehead atoms. The van der Waals surface area contributed by atoms with E-state index in [1.807, 2.05) is 6.07 Å². The lowest BCUT2D eigenvalue weighted by atomic mass is 9.62. The number of H-pyrrole nitrogens is 1. The number of phenols is 1. The molecule has 0 saturated heterocycles. The Bertz CT molecular complexity index is 1330. The molecule has 4 aliphatic rings. The number of fused-ring (bicyclic) bond motifs is 5. The van der Waals surface area contributed by atoms with Gasteiger partial charge in [-0.15, -0.1) is 0 Å². The van der Waals surface area contributed by atoms with Gasteiger partial charge in [-0.1, -0.05) is 0 Å². The van der Waals surface area contributed by atoms with Crippen molar-refractivity contribution in [3.63, 3.8) is 0 Å². The minimum Gasteiger partial charge on any atom is -0.504 e. The van der Waals surface area contributed by atoms with Crippen LogP contribution in [0.4, 0.5) is 0 Å². The first kappa shape index (κ1) is 21.6. The number of aromatic hydroxyl groups is 1. The third-order valence-electron chi connectivity index (χ3n) is 9.82. The van der Waals surface area contributed by atoms with Crippen LogP contribution < -0.4 is 14.8 Å². The van der Waals surface area contributed by atoms with Crippen molar-refractivity contribution in [3.05, 3.63) is 52.2 Å². The highest BCUT2D eigenvalue weighted by molar-refractivity contribution is 5.87. The summed E-state index contributed by atoms with van der Waals surface area (Å²) < 4.78 is 11.2. The Morgan fingerprint density at radius 2 is 1.89 bits per heavy atom. The lowest BCUT2D eigenvalue weighted by Crippen LogP contribution is -2.51. The SMILES string of the molecule is COc1ccc2[nH]c3c(c2c1)CCNC31CCC2(CC1)C[C@H]1c3c(cc(OC)c(O)c32)CCN1C. The van der Waals surface area contributed by atoms with Crippen molar-refractivity contribution in [1.82, 2.24) is 15.2 Å². The molecule has 184 valence electrons. The number of phenolic OH excluding ortho intramolecular Hbond substituents is 1. The predicted octanol–water partition coefficient (Wildman–Crippen LogP) is 4.68. The highest BCUT2D eigenvalue weighted by atomic mass is 16.5. The Kier molecular flexibility index (Phi) is 4.56. The lowest BCUT2D eigenvalue weighted by molar-refractivity contribution is 0.126. The van der Waals surface area contributed by atoms with Gasteiger partial charge in [0.2, 0.25) is 0 Å². The summed E-state index contributed by atoms with van der Waals surface area (Å²) in [7, 11) is 5.66. The van der Waals surface area contributed by atoms with E-state index < -0.39 is 0 Å². The Morgan fingerprint density at radius 1 is 1.06 bits per heavy atom. The highest BCUT2D eigenvalue weighted by Gasteiger charge is 2.54. The minimum absolute atomic E-state index is 0.00570. The molecule has 0 amide bonds. The Hall–Kier alpha value is -2.70. The van der Waals surface area contributed by atoms with Gasteiger partial charge in [-0.05, 0) is 92.9 Å². The molecule has 2 aliphatic heterocycles. The van der Waals surface area contributed by atoms with Crippen LogP contribution in [-0.2, 0) is 23.8 Å². The second kappa shape index (κ2) is 7.40. The standard InChI is InChI=1S/C29H35N3O3/c1-32-13-7-17-14-23(35-3)26(33)25-24(17)22(32)16-28(25)8-10-29(11-9-28)27-19(6-12-30-29)20-15-18(34-2)4-5-21(20)31-27/h4-5,14-15,22,30-31,33H,6-13,16H2,1-3H3/t22-,28?,29?/m0/s1. The molecule has 3 N–H and O–H groups in total. The molecule has 1 aromatic heterocycles. The summed E-state index contributed by atoms with van der Waals surface area (Å²) in [5.74, 6) is 1.94. The van der Waals surface area contributed by atoms with Gasteiger partial charge in [0.15, 0.2) is 11.5 Å². The van der Waals surface area contributed by atoms with E-state index in [9.17, 15) is 5.11 Å². The molecule has 2 aliphatic carbocycles. The van der Waals surface area contributed by atoms with Gasteiger partial charge in [0, 0.05) is 46.7 Å². The van der Waals surface area contributed by atoms with Crippen LogP contribution in [-0.4, -0.2) is 49.3 Å². The number of aromatic nitrogens is 1. The van der Waals surface area contributed by atoms with Crippen molar-refractivity contribution in [3.8, 4) is 17.2 Å². The van der Waals surface area contributed by atoms with Crippen molar-refractivity contribution >= 4 is 10.9 Å². The molecule has 6 heteroatoms. The molecule has 2 spiro atoms. The predicted molar refractivity (Wildman–Crippen MR) is 137 cm³/mol. The molecular formula is C29H35N3O3. The van der Waals surface area contributed by atoms with Crippen molar-refractivity contribution in [2.24, 2.45) is 0 Å². The zero-order chi connectivity index (χ0) is 23.9. The van der Waals surface area contributed by atoms with Crippen molar-refractivity contribution in [2.45, 2.75) is 61.9 Å². The van der Waals surface area contributed by atoms with Gasteiger partial charge in [-0.2, -0.15) is 0 Å². The summed E-state index contributed by atoms with van der Waals surface area (Å²) in [6.07, 6.45) is 7.41. The minimum atomic E-state index is -0.0350. The normalized spacial score (nSPS) is 29.5. The fourth-order valence-electron chi connectivity index (χ4n) is 7.97. The molecule has 3 aromatic rings. The number of ether oxygens (including phenoxy) is 2. The number of nitrogens with zero attached hydrogens (tertiary/aromatic N) is 1. The van der Waals surface area contributed by atoms with Gasteiger partial charge in [-0.3, -0.25) is 4.90 Å². The van der Waals surface area contributed by atoms with E-state index in [2.05, 4.69) is 40.4 Å². The van der Waals surface area contributed by atoms with Crippen LogP contribution in [0.2, 0.25) is 0 Å². The average Bonchev–Trinajstić information content (AvgIpc) is 3.43. The lowest BCUT2D eigenvalue weighted by Gasteiger charge is -2.48. The zero-order valence-electron chi connectivity index (χ0n) is 21.0. The average molecular weight is 474 g/mol. The topological polar surface area (TPSA) is 69.8 Å². The second-order valence-corrected chi connectivity index (χ2v) is 11.3. The van der Waals surface area contributed by atoms with Crippen molar-refractivity contribution in [2.75, 3.05) is 34.4 Å². The number of aromatic amines is 1. The van der Waals surface area contributed by atoms with Gasteiger partial charge in [0.25, 0.3) is 0 Å². The highest BCUT2D eigenvalue weighted by Crippen LogP contribution is 2.62. The van der Waals surface area contributed by atoms with E-state index >= 15 is 0 Å². The van der Waals surface area contributed by atoms with Gasteiger partial charge in [0.1, 0.15) is 5.75 Å². The first-order chi connectivity index (χ1) is 17.0. The number of likely N-dealkylation sites (N-methyl/N-ethyl adjacent to an activating group) is 1. The molecule has 1 atom stereocenters. The van der Waals surface area contributed by atoms with Crippen molar-refractivity contribution < 1.29 is 14.6 Å². The monoisotopic (exact) mass is 473 g/mol. The van der Waals surface area contributed by atoms with Gasteiger partial charge >= 0.3 is 0 Å². The number of hydrogen-bond donors (Lipinski definition) is 3. The van der Waals surface area contributed by atoms with Crippen LogP contribution >= 0.6 is 0 Å². The maximum atomic E-state index is 11.4. The second-order valence-electron chi connectivity index (χ2n) is 11.3. The molecule has 1 saturated carbocycles.